The van der Waals surface area contributed by atoms with Crippen LogP contribution in [0, 0.1) is 0 Å². The zero-order valence-corrected chi connectivity index (χ0v) is 14.1. The molecule has 0 saturated heterocycles. The van der Waals surface area contributed by atoms with E-state index in [1.54, 1.807) is 13.8 Å². The van der Waals surface area contributed by atoms with Crippen LogP contribution >= 0.6 is 0 Å². The van der Waals surface area contributed by atoms with Gasteiger partial charge >= 0.3 is 0 Å². The van der Waals surface area contributed by atoms with Gasteiger partial charge in [-0.25, -0.2) is 22.0 Å². The average Bonchev–Trinajstić information content (AvgIpc) is 2.56. The van der Waals surface area contributed by atoms with E-state index in [4.69, 9.17) is 0 Å². The molecule has 2 rings (SSSR count). The Morgan fingerprint density at radius 1 is 1.15 bits per heavy atom. The highest BCUT2D eigenvalue weighted by Crippen LogP contribution is 2.31. The number of halogens is 5. The fraction of sp³-hybridized carbons (Fsp3) is 0.600. The molecule has 144 valence electrons. The number of hydrogen-bond acceptors (Lipinski definition) is 6. The van der Waals surface area contributed by atoms with Gasteiger partial charge in [0, 0.05) is 11.6 Å². The molecule has 0 aliphatic heterocycles. The Hall–Kier alpha value is -2.33. The van der Waals surface area contributed by atoms with Gasteiger partial charge < -0.3 is 10.6 Å². The van der Waals surface area contributed by atoms with Crippen molar-refractivity contribution < 1.29 is 26.7 Å². The minimum atomic E-state index is -3.03. The number of aromatic nitrogens is 3. The van der Waals surface area contributed by atoms with Gasteiger partial charge in [-0.05, 0) is 26.7 Å². The molecule has 0 aromatic carbocycles. The van der Waals surface area contributed by atoms with Crippen molar-refractivity contribution in [2.75, 3.05) is 17.3 Å². The third kappa shape index (κ3) is 4.64. The lowest BCUT2D eigenvalue weighted by molar-refractivity contribution is -0.122. The van der Waals surface area contributed by atoms with Crippen molar-refractivity contribution >= 4 is 23.3 Å². The SMILES string of the molecule is CC(C)Nc1nc(NC(CF)C(F)F)nc(C2=C(F)C(=O)C(F)CC2)n1. The van der Waals surface area contributed by atoms with E-state index in [9.17, 15) is 26.7 Å². The Morgan fingerprint density at radius 3 is 2.31 bits per heavy atom. The minimum Gasteiger partial charge on any atom is -0.352 e. The highest BCUT2D eigenvalue weighted by atomic mass is 19.3. The second-order valence-electron chi connectivity index (χ2n) is 6.01. The highest BCUT2D eigenvalue weighted by molar-refractivity contribution is 6.04. The first-order chi connectivity index (χ1) is 12.2. The topological polar surface area (TPSA) is 79.8 Å². The van der Waals surface area contributed by atoms with Crippen LogP contribution in [0.25, 0.3) is 5.57 Å². The number of allylic oxidation sites excluding steroid dienone is 2. The van der Waals surface area contributed by atoms with E-state index in [2.05, 4.69) is 25.6 Å². The molecule has 1 aromatic heterocycles. The summed E-state index contributed by atoms with van der Waals surface area (Å²) in [4.78, 5) is 23.1. The molecule has 0 spiro atoms. The molecule has 1 aliphatic rings. The first-order valence-electron chi connectivity index (χ1n) is 7.93. The molecule has 26 heavy (non-hydrogen) atoms. The first kappa shape index (κ1) is 20.0. The van der Waals surface area contributed by atoms with Crippen molar-refractivity contribution in [3.8, 4) is 0 Å². The first-order valence-corrected chi connectivity index (χ1v) is 7.93. The summed E-state index contributed by atoms with van der Waals surface area (Å²) in [6, 6.07) is -2.02. The lowest BCUT2D eigenvalue weighted by atomic mass is 9.95. The van der Waals surface area contributed by atoms with Crippen molar-refractivity contribution in [2.24, 2.45) is 0 Å². The molecule has 2 unspecified atom stereocenters. The van der Waals surface area contributed by atoms with E-state index in [0.29, 0.717) is 0 Å². The molecular weight excluding hydrogens is 361 g/mol. The molecule has 1 heterocycles. The van der Waals surface area contributed by atoms with Gasteiger partial charge in [-0.3, -0.25) is 4.79 Å². The van der Waals surface area contributed by atoms with Gasteiger partial charge in [0.2, 0.25) is 17.7 Å². The molecule has 0 amide bonds. The van der Waals surface area contributed by atoms with Crippen LogP contribution in [0.5, 0.6) is 0 Å². The normalized spacial score (nSPS) is 19.3. The van der Waals surface area contributed by atoms with Crippen LogP contribution in [0.15, 0.2) is 5.83 Å². The predicted octanol–water partition coefficient (Wildman–Crippen LogP) is 3.09. The van der Waals surface area contributed by atoms with E-state index in [1.807, 2.05) is 0 Å². The van der Waals surface area contributed by atoms with E-state index >= 15 is 0 Å². The maximum atomic E-state index is 14.1. The molecule has 0 saturated carbocycles. The minimum absolute atomic E-state index is 0.0745. The quantitative estimate of drug-likeness (QED) is 0.709. The average molecular weight is 379 g/mol. The summed E-state index contributed by atoms with van der Waals surface area (Å²) in [6.45, 7) is 2.11. The number of Topliss-reactive ketones (excluding diaryl/α,β-unsaturated/α-hetero) is 1. The van der Waals surface area contributed by atoms with Gasteiger partial charge in [0.1, 0.15) is 12.7 Å². The Balaban J connectivity index is 2.45. The molecule has 6 nitrogen and oxygen atoms in total. The summed E-state index contributed by atoms with van der Waals surface area (Å²) in [5, 5.41) is 4.92. The second kappa shape index (κ2) is 8.37. The van der Waals surface area contributed by atoms with Crippen LogP contribution < -0.4 is 10.6 Å². The molecular formula is C15H18F5N5O. The van der Waals surface area contributed by atoms with Gasteiger partial charge in [0.05, 0.1) is 0 Å². The van der Waals surface area contributed by atoms with E-state index < -0.39 is 42.9 Å². The van der Waals surface area contributed by atoms with E-state index in [1.165, 1.54) is 0 Å². The Bertz CT molecular complexity index is 697. The number of alkyl halides is 4. The molecule has 0 fully saturated rings. The summed E-state index contributed by atoms with van der Waals surface area (Å²) < 4.78 is 65.7. The van der Waals surface area contributed by atoms with Crippen molar-refractivity contribution in [1.82, 2.24) is 15.0 Å². The predicted molar refractivity (Wildman–Crippen MR) is 85.1 cm³/mol. The van der Waals surface area contributed by atoms with Crippen molar-refractivity contribution in [1.29, 1.82) is 0 Å². The lowest BCUT2D eigenvalue weighted by Crippen LogP contribution is -2.31. The number of rotatable bonds is 7. The Morgan fingerprint density at radius 2 is 1.77 bits per heavy atom. The van der Waals surface area contributed by atoms with E-state index in [0.717, 1.165) is 0 Å². The number of anilines is 2. The summed E-state index contributed by atoms with van der Waals surface area (Å²) in [7, 11) is 0. The van der Waals surface area contributed by atoms with Gasteiger partial charge in [-0.1, -0.05) is 0 Å². The smallest absolute Gasteiger partial charge is 0.261 e. The van der Waals surface area contributed by atoms with Crippen LogP contribution in [0.4, 0.5) is 33.8 Å². The number of carbonyl (C=O) groups is 1. The monoisotopic (exact) mass is 379 g/mol. The van der Waals surface area contributed by atoms with Crippen LogP contribution in [-0.2, 0) is 4.79 Å². The third-order valence-corrected chi connectivity index (χ3v) is 3.52. The molecule has 1 aromatic rings. The lowest BCUT2D eigenvalue weighted by Gasteiger charge is -2.19. The Kier molecular flexibility index (Phi) is 6.43. The molecule has 2 N–H and O–H groups in total. The second-order valence-corrected chi connectivity index (χ2v) is 6.01. The maximum absolute atomic E-state index is 14.1. The fourth-order valence-corrected chi connectivity index (χ4v) is 2.24. The van der Waals surface area contributed by atoms with Crippen LogP contribution in [-0.4, -0.2) is 52.1 Å². The maximum Gasteiger partial charge on any atom is 0.261 e. The molecule has 11 heteroatoms. The number of nitrogens with one attached hydrogen (secondary N) is 2. The zero-order chi connectivity index (χ0) is 19.4. The fourth-order valence-electron chi connectivity index (χ4n) is 2.24. The Labute approximate surface area is 146 Å². The zero-order valence-electron chi connectivity index (χ0n) is 14.1. The molecule has 2 atom stereocenters. The largest absolute Gasteiger partial charge is 0.352 e. The van der Waals surface area contributed by atoms with Crippen LogP contribution in [0.3, 0.4) is 0 Å². The summed E-state index contributed by atoms with van der Waals surface area (Å²) in [5.74, 6) is -3.40. The molecule has 0 radical (unpaired) electrons. The highest BCUT2D eigenvalue weighted by Gasteiger charge is 2.32. The van der Waals surface area contributed by atoms with Crippen LogP contribution in [0.2, 0.25) is 0 Å². The summed E-state index contributed by atoms with van der Waals surface area (Å²) in [5.41, 5.74) is -0.241. The molecule has 0 bridgehead atoms. The third-order valence-electron chi connectivity index (χ3n) is 3.52. The van der Waals surface area contributed by atoms with Gasteiger partial charge in [-0.2, -0.15) is 15.0 Å². The van der Waals surface area contributed by atoms with Gasteiger partial charge in [0.15, 0.2) is 17.8 Å². The van der Waals surface area contributed by atoms with Crippen molar-refractivity contribution in [2.45, 2.75) is 51.4 Å². The number of nitrogens with zero attached hydrogens (tertiary/aromatic N) is 3. The molecule has 1 aliphatic carbocycles. The van der Waals surface area contributed by atoms with Gasteiger partial charge in [-0.15, -0.1) is 0 Å². The number of carbonyl (C=O) groups excluding carboxylic acids is 1. The summed E-state index contributed by atoms with van der Waals surface area (Å²) in [6.07, 6.45) is -5.36. The summed E-state index contributed by atoms with van der Waals surface area (Å²) >= 11 is 0. The number of hydrogen-bond donors (Lipinski definition) is 2. The van der Waals surface area contributed by atoms with Crippen molar-refractivity contribution in [3.05, 3.63) is 11.7 Å². The van der Waals surface area contributed by atoms with Gasteiger partial charge in [0.25, 0.3) is 6.43 Å². The number of ketones is 1. The standard InChI is InChI=1S/C15H18F5N5O/c1-6(2)21-14-23-13(7-3-4-8(17)11(26)10(7)18)24-15(25-14)22-9(5-16)12(19)20/h6,8-9,12H,3-5H2,1-2H3,(H2,21,22,23,24,25). The van der Waals surface area contributed by atoms with Crippen LogP contribution in [0.1, 0.15) is 32.5 Å². The van der Waals surface area contributed by atoms with E-state index in [-0.39, 0.29) is 36.2 Å². The van der Waals surface area contributed by atoms with Crippen molar-refractivity contribution in [3.63, 3.8) is 0 Å².